The molecule has 0 fully saturated rings. The molecule has 0 aliphatic carbocycles. The van der Waals surface area contributed by atoms with Crippen LogP contribution in [0, 0.1) is 0 Å². The molecule has 9 nitrogen and oxygen atoms in total. The highest BCUT2D eigenvalue weighted by Gasteiger charge is 2.28. The number of rotatable bonds is 5. The maximum atomic E-state index is 13.0. The van der Waals surface area contributed by atoms with E-state index in [1.54, 1.807) is 0 Å². The highest BCUT2D eigenvalue weighted by molar-refractivity contribution is 7.89. The minimum absolute atomic E-state index is 0.0537. The van der Waals surface area contributed by atoms with Crippen molar-refractivity contribution in [3.05, 3.63) is 65.2 Å². The molecule has 1 aliphatic heterocycles. The van der Waals surface area contributed by atoms with Crippen molar-refractivity contribution >= 4 is 27.9 Å². The number of carbonyl (C=O) groups excluding carboxylic acids is 3. The van der Waals surface area contributed by atoms with Crippen molar-refractivity contribution in [1.29, 1.82) is 0 Å². The molecular weight excluding hydrogens is 410 g/mol. The molecule has 1 unspecified atom stereocenters. The van der Waals surface area contributed by atoms with Crippen LogP contribution in [0.4, 0.5) is 4.79 Å². The molecule has 1 aliphatic rings. The van der Waals surface area contributed by atoms with E-state index in [0.717, 1.165) is 11.1 Å². The molecule has 0 spiro atoms. The van der Waals surface area contributed by atoms with Gasteiger partial charge in [-0.3, -0.25) is 10.1 Å². The highest BCUT2D eigenvalue weighted by atomic mass is 32.2. The lowest BCUT2D eigenvalue weighted by Gasteiger charge is -2.28. The van der Waals surface area contributed by atoms with Crippen molar-refractivity contribution < 1.29 is 27.5 Å². The zero-order chi connectivity index (χ0) is 21.9. The van der Waals surface area contributed by atoms with E-state index in [1.807, 2.05) is 29.6 Å². The molecule has 2 aromatic rings. The van der Waals surface area contributed by atoms with Crippen LogP contribution >= 0.6 is 0 Å². The summed E-state index contributed by atoms with van der Waals surface area (Å²) in [4.78, 5) is 34.5. The summed E-state index contributed by atoms with van der Waals surface area (Å²) in [5.41, 5.74) is 7.02. The Kier molecular flexibility index (Phi) is 6.18. The van der Waals surface area contributed by atoms with Gasteiger partial charge in [0.1, 0.15) is 0 Å². The summed E-state index contributed by atoms with van der Waals surface area (Å²) >= 11 is 0. The van der Waals surface area contributed by atoms with Crippen LogP contribution in [0.1, 0.15) is 28.4 Å². The fourth-order valence-corrected chi connectivity index (χ4v) is 4.51. The Hall–Kier alpha value is -3.24. The number of sulfonamides is 1. The Bertz CT molecular complexity index is 1080. The normalized spacial score (nSPS) is 15.0. The van der Waals surface area contributed by atoms with Gasteiger partial charge in [0.05, 0.1) is 10.5 Å². The predicted octanol–water partition coefficient (Wildman–Crippen LogP) is 1.17. The monoisotopic (exact) mass is 431 g/mol. The van der Waals surface area contributed by atoms with Gasteiger partial charge in [0.15, 0.2) is 6.10 Å². The smallest absolute Gasteiger partial charge is 0.338 e. The van der Waals surface area contributed by atoms with Gasteiger partial charge < -0.3 is 10.5 Å². The summed E-state index contributed by atoms with van der Waals surface area (Å²) < 4.78 is 32.3. The molecule has 0 bridgehead atoms. The van der Waals surface area contributed by atoms with Crippen molar-refractivity contribution in [2.45, 2.75) is 30.9 Å². The Morgan fingerprint density at radius 1 is 1.07 bits per heavy atom. The Morgan fingerprint density at radius 3 is 2.33 bits per heavy atom. The highest BCUT2D eigenvalue weighted by Crippen LogP contribution is 2.25. The lowest BCUT2D eigenvalue weighted by atomic mass is 10.0. The second kappa shape index (κ2) is 8.64. The SMILES string of the molecule is CC(OC(=O)c1ccc(S(=O)(=O)N2CCc3ccccc3C2)cc1)C(=O)NC(N)=O. The van der Waals surface area contributed by atoms with Crippen LogP contribution in [0.5, 0.6) is 0 Å². The van der Waals surface area contributed by atoms with Gasteiger partial charge in [-0.25, -0.2) is 18.0 Å². The van der Waals surface area contributed by atoms with Crippen molar-refractivity contribution in [3.8, 4) is 0 Å². The first-order chi connectivity index (χ1) is 14.2. The third-order valence-electron chi connectivity index (χ3n) is 4.72. The van der Waals surface area contributed by atoms with E-state index >= 15 is 0 Å². The number of carbonyl (C=O) groups is 3. The molecule has 0 aromatic heterocycles. The van der Waals surface area contributed by atoms with E-state index in [4.69, 9.17) is 10.5 Å². The molecule has 3 rings (SSSR count). The number of benzene rings is 2. The number of amides is 3. The van der Waals surface area contributed by atoms with Crippen LogP contribution in [0.3, 0.4) is 0 Å². The van der Waals surface area contributed by atoms with Crippen LogP contribution in [0.2, 0.25) is 0 Å². The zero-order valence-corrected chi connectivity index (χ0v) is 17.0. The first-order valence-corrected chi connectivity index (χ1v) is 10.6. The largest absolute Gasteiger partial charge is 0.449 e. The molecular formula is C20H21N3O6S. The van der Waals surface area contributed by atoms with Gasteiger partial charge in [-0.15, -0.1) is 0 Å². The maximum absolute atomic E-state index is 13.0. The van der Waals surface area contributed by atoms with Gasteiger partial charge in [-0.1, -0.05) is 24.3 Å². The number of ether oxygens (including phenoxy) is 1. The van der Waals surface area contributed by atoms with Crippen LogP contribution in [0.25, 0.3) is 0 Å². The summed E-state index contributed by atoms with van der Waals surface area (Å²) in [7, 11) is -3.73. The van der Waals surface area contributed by atoms with E-state index < -0.39 is 34.0 Å². The molecule has 1 heterocycles. The minimum atomic E-state index is -3.73. The third-order valence-corrected chi connectivity index (χ3v) is 6.58. The van der Waals surface area contributed by atoms with Gasteiger partial charge in [0.25, 0.3) is 5.91 Å². The number of fused-ring (bicyclic) bond motifs is 1. The van der Waals surface area contributed by atoms with Gasteiger partial charge in [0, 0.05) is 13.1 Å². The number of primary amides is 1. The summed E-state index contributed by atoms with van der Waals surface area (Å²) in [5.74, 6) is -1.70. The average molecular weight is 431 g/mol. The number of nitrogens with zero attached hydrogens (tertiary/aromatic N) is 1. The maximum Gasteiger partial charge on any atom is 0.338 e. The molecule has 158 valence electrons. The summed E-state index contributed by atoms with van der Waals surface area (Å²) in [6.07, 6.45) is -0.618. The summed E-state index contributed by atoms with van der Waals surface area (Å²) in [6, 6.07) is 11.9. The quantitative estimate of drug-likeness (QED) is 0.682. The van der Waals surface area contributed by atoms with Crippen LogP contribution in [0.15, 0.2) is 53.4 Å². The Morgan fingerprint density at radius 2 is 1.70 bits per heavy atom. The Labute approximate surface area is 173 Å². The second-order valence-corrected chi connectivity index (χ2v) is 8.72. The molecule has 2 aromatic carbocycles. The number of hydrogen-bond donors (Lipinski definition) is 2. The minimum Gasteiger partial charge on any atom is -0.449 e. The van der Waals surface area contributed by atoms with E-state index in [9.17, 15) is 22.8 Å². The fraction of sp³-hybridized carbons (Fsp3) is 0.250. The van der Waals surface area contributed by atoms with Gasteiger partial charge in [-0.05, 0) is 48.7 Å². The van der Waals surface area contributed by atoms with E-state index in [1.165, 1.54) is 35.5 Å². The molecule has 30 heavy (non-hydrogen) atoms. The zero-order valence-electron chi connectivity index (χ0n) is 16.2. The lowest BCUT2D eigenvalue weighted by Crippen LogP contribution is -2.42. The van der Waals surface area contributed by atoms with Crippen molar-refractivity contribution in [1.82, 2.24) is 9.62 Å². The number of nitrogens with two attached hydrogens (primary N) is 1. The molecule has 0 radical (unpaired) electrons. The predicted molar refractivity (Wildman–Crippen MR) is 107 cm³/mol. The van der Waals surface area contributed by atoms with Crippen molar-refractivity contribution in [3.63, 3.8) is 0 Å². The number of esters is 1. The third kappa shape index (κ3) is 4.66. The molecule has 0 saturated heterocycles. The molecule has 10 heteroatoms. The number of hydrogen-bond acceptors (Lipinski definition) is 6. The van der Waals surface area contributed by atoms with Crippen molar-refractivity contribution in [2.75, 3.05) is 6.54 Å². The van der Waals surface area contributed by atoms with Crippen molar-refractivity contribution in [2.24, 2.45) is 5.73 Å². The topological polar surface area (TPSA) is 136 Å². The summed E-state index contributed by atoms with van der Waals surface area (Å²) in [5, 5.41) is 1.81. The van der Waals surface area contributed by atoms with Gasteiger partial charge in [0.2, 0.25) is 10.0 Å². The lowest BCUT2D eigenvalue weighted by molar-refractivity contribution is -0.127. The van der Waals surface area contributed by atoms with E-state index in [-0.39, 0.29) is 17.0 Å². The summed E-state index contributed by atoms with van der Waals surface area (Å²) in [6.45, 7) is 1.94. The van der Waals surface area contributed by atoms with Gasteiger partial charge >= 0.3 is 12.0 Å². The van der Waals surface area contributed by atoms with E-state index in [2.05, 4.69) is 0 Å². The fourth-order valence-electron chi connectivity index (χ4n) is 3.09. The first kappa shape index (κ1) is 21.5. The second-order valence-electron chi connectivity index (χ2n) is 6.78. The number of urea groups is 1. The van der Waals surface area contributed by atoms with E-state index in [0.29, 0.717) is 13.0 Å². The number of imide groups is 1. The molecule has 1 atom stereocenters. The Balaban J connectivity index is 1.70. The van der Waals surface area contributed by atoms with Crippen LogP contribution < -0.4 is 11.1 Å². The molecule has 3 N–H and O–H groups in total. The first-order valence-electron chi connectivity index (χ1n) is 9.17. The van der Waals surface area contributed by atoms with Gasteiger partial charge in [-0.2, -0.15) is 4.31 Å². The molecule has 0 saturated carbocycles. The standard InChI is InChI=1S/C20H21N3O6S/c1-13(18(24)22-20(21)26)29-19(25)15-6-8-17(9-7-15)30(27,28)23-11-10-14-4-2-3-5-16(14)12-23/h2-9,13H,10-12H2,1H3,(H3,21,22,24,26). The van der Waals surface area contributed by atoms with Crippen LogP contribution in [-0.4, -0.2) is 43.3 Å². The van der Waals surface area contributed by atoms with Crippen LogP contribution in [-0.2, 0) is 32.5 Å². The average Bonchev–Trinajstić information content (AvgIpc) is 2.72. The molecule has 3 amide bonds. The number of nitrogens with one attached hydrogen (secondary N) is 1.